The van der Waals surface area contributed by atoms with Crippen molar-refractivity contribution in [1.29, 1.82) is 0 Å². The van der Waals surface area contributed by atoms with E-state index in [0.29, 0.717) is 37.0 Å². The third kappa shape index (κ3) is 9.45. The number of halogens is 2. The lowest BCUT2D eigenvalue weighted by Gasteiger charge is -2.24. The largest absolute Gasteiger partial charge is 0.480 e. The minimum atomic E-state index is -1.10. The van der Waals surface area contributed by atoms with E-state index in [4.69, 9.17) is 23.2 Å². The summed E-state index contributed by atoms with van der Waals surface area (Å²) in [5.74, 6) is -0.422. The number of carboxylic acids is 1. The van der Waals surface area contributed by atoms with Crippen LogP contribution >= 0.6 is 35.0 Å². The summed E-state index contributed by atoms with van der Waals surface area (Å²) < 4.78 is 0. The molecule has 0 saturated heterocycles. The van der Waals surface area contributed by atoms with E-state index in [1.54, 1.807) is 0 Å². The summed E-state index contributed by atoms with van der Waals surface area (Å²) in [6.07, 6.45) is 2.41. The maximum atomic E-state index is 12.7. The monoisotopic (exact) mass is 477 g/mol. The van der Waals surface area contributed by atoms with E-state index >= 15 is 0 Å². The number of benzene rings is 1. The Morgan fingerprint density at radius 1 is 1.07 bits per heavy atom. The van der Waals surface area contributed by atoms with E-state index in [0.717, 1.165) is 11.3 Å². The Bertz CT molecular complexity index is 685. The summed E-state index contributed by atoms with van der Waals surface area (Å²) in [4.78, 5) is 37.7. The van der Waals surface area contributed by atoms with Gasteiger partial charge in [0.2, 0.25) is 11.8 Å². The van der Waals surface area contributed by atoms with Crippen molar-refractivity contribution in [2.75, 3.05) is 41.8 Å². The third-order valence-electron chi connectivity index (χ3n) is 4.37. The van der Waals surface area contributed by atoms with E-state index in [1.807, 2.05) is 30.5 Å². The Hall–Kier alpha value is -1.64. The predicted octanol–water partition coefficient (Wildman–Crippen LogP) is 2.34. The van der Waals surface area contributed by atoms with Crippen molar-refractivity contribution in [3.63, 3.8) is 0 Å². The van der Waals surface area contributed by atoms with Gasteiger partial charge in [-0.25, -0.2) is 4.79 Å². The molecule has 30 heavy (non-hydrogen) atoms. The Morgan fingerprint density at radius 3 is 2.13 bits per heavy atom. The lowest BCUT2D eigenvalue weighted by Crippen LogP contribution is -2.52. The van der Waals surface area contributed by atoms with Gasteiger partial charge in [0.1, 0.15) is 12.1 Å². The molecule has 1 aromatic rings. The van der Waals surface area contributed by atoms with Crippen molar-refractivity contribution in [2.24, 2.45) is 0 Å². The topological polar surface area (TPSA) is 98.7 Å². The van der Waals surface area contributed by atoms with Crippen molar-refractivity contribution in [1.82, 2.24) is 10.6 Å². The number of nitrogens with zero attached hydrogens (tertiary/aromatic N) is 1. The minimum absolute atomic E-state index is 0.242. The molecule has 0 heterocycles. The normalized spacial score (nSPS) is 12.7. The number of nitrogens with one attached hydrogen (secondary N) is 2. The van der Waals surface area contributed by atoms with Crippen molar-refractivity contribution >= 4 is 58.4 Å². The smallest absolute Gasteiger partial charge is 0.326 e. The molecule has 1 rings (SSSR count). The van der Waals surface area contributed by atoms with Crippen LogP contribution in [-0.2, 0) is 20.8 Å². The highest BCUT2D eigenvalue weighted by atomic mass is 35.5. The van der Waals surface area contributed by atoms with Gasteiger partial charge in [0.15, 0.2) is 0 Å². The van der Waals surface area contributed by atoms with Gasteiger partial charge in [-0.1, -0.05) is 12.1 Å². The molecule has 0 fully saturated rings. The fraction of sp³-hybridized carbons (Fsp3) is 0.550. The molecule has 10 heteroatoms. The highest BCUT2D eigenvalue weighted by Crippen LogP contribution is 2.17. The van der Waals surface area contributed by atoms with Gasteiger partial charge < -0.3 is 20.6 Å². The van der Waals surface area contributed by atoms with Crippen LogP contribution in [0.25, 0.3) is 0 Å². The molecule has 3 N–H and O–H groups in total. The number of carbonyl (C=O) groups is 3. The second kappa shape index (κ2) is 14.4. The number of hydrogen-bond donors (Lipinski definition) is 3. The van der Waals surface area contributed by atoms with Gasteiger partial charge in [-0.05, 0) is 36.1 Å². The minimum Gasteiger partial charge on any atom is -0.480 e. The van der Waals surface area contributed by atoms with Crippen molar-refractivity contribution in [2.45, 2.75) is 31.8 Å². The molecule has 0 aliphatic carbocycles. The molecule has 0 bridgehead atoms. The lowest BCUT2D eigenvalue weighted by molar-refractivity contribution is -0.142. The standard InChI is InChI=1S/C20H29Cl2N3O4S/c1-14(26)23-18(19(27)24-17(20(28)29)7-12-30-2)13-15-3-5-16(6-4-15)25(10-8-21)11-9-22/h3-6,17-18H,7-13H2,1-2H3,(H,23,26)(H,24,27)(H,28,29). The molecular weight excluding hydrogens is 449 g/mol. The summed E-state index contributed by atoms with van der Waals surface area (Å²) in [5.41, 5.74) is 1.80. The number of amides is 2. The lowest BCUT2D eigenvalue weighted by atomic mass is 10.0. The summed E-state index contributed by atoms with van der Waals surface area (Å²) in [5, 5.41) is 14.5. The number of alkyl halides is 2. The molecule has 2 atom stereocenters. The zero-order chi connectivity index (χ0) is 22.5. The highest BCUT2D eigenvalue weighted by molar-refractivity contribution is 7.98. The first-order valence-corrected chi connectivity index (χ1v) is 12.0. The Kier molecular flexibility index (Phi) is 12.7. The van der Waals surface area contributed by atoms with Crippen LogP contribution in [0.1, 0.15) is 18.9 Å². The Balaban J connectivity index is 2.89. The van der Waals surface area contributed by atoms with E-state index in [1.165, 1.54) is 18.7 Å². The number of rotatable bonds is 14. The van der Waals surface area contributed by atoms with Gasteiger partial charge in [-0.2, -0.15) is 11.8 Å². The maximum absolute atomic E-state index is 12.7. The Morgan fingerprint density at radius 2 is 1.67 bits per heavy atom. The summed E-state index contributed by atoms with van der Waals surface area (Å²) in [6, 6.07) is 5.70. The van der Waals surface area contributed by atoms with E-state index in [-0.39, 0.29) is 12.3 Å². The molecule has 7 nitrogen and oxygen atoms in total. The van der Waals surface area contributed by atoms with Gasteiger partial charge >= 0.3 is 5.97 Å². The number of aliphatic carboxylic acids is 1. The second-order valence-corrected chi connectivity index (χ2v) is 8.41. The first-order chi connectivity index (χ1) is 14.3. The number of anilines is 1. The van der Waals surface area contributed by atoms with Crippen LogP contribution in [-0.4, -0.2) is 71.8 Å². The van der Waals surface area contributed by atoms with Crippen LogP contribution in [0.3, 0.4) is 0 Å². The zero-order valence-corrected chi connectivity index (χ0v) is 19.5. The molecule has 168 valence electrons. The fourth-order valence-corrected chi connectivity index (χ4v) is 3.75. The summed E-state index contributed by atoms with van der Waals surface area (Å²) in [7, 11) is 0. The number of carboxylic acid groups (broad SMARTS) is 1. The molecule has 0 saturated carbocycles. The molecule has 2 unspecified atom stereocenters. The fourth-order valence-electron chi connectivity index (χ4n) is 2.87. The molecule has 2 amide bonds. The third-order valence-corrected chi connectivity index (χ3v) is 5.35. The molecule has 0 aliphatic rings. The maximum Gasteiger partial charge on any atom is 0.326 e. The Labute approximate surface area is 191 Å². The van der Waals surface area contributed by atoms with Crippen LogP contribution in [0.2, 0.25) is 0 Å². The molecule has 0 spiro atoms. The van der Waals surface area contributed by atoms with Gasteiger partial charge in [0, 0.05) is 43.9 Å². The SMILES string of the molecule is CSCCC(NC(=O)C(Cc1ccc(N(CCCl)CCCl)cc1)NC(C)=O)C(=O)O. The van der Waals surface area contributed by atoms with Crippen LogP contribution < -0.4 is 15.5 Å². The van der Waals surface area contributed by atoms with Crippen LogP contribution in [0.15, 0.2) is 24.3 Å². The number of hydrogen-bond acceptors (Lipinski definition) is 5. The van der Waals surface area contributed by atoms with E-state index in [2.05, 4.69) is 15.5 Å². The molecule has 0 aliphatic heterocycles. The van der Waals surface area contributed by atoms with Gasteiger partial charge in [0.05, 0.1) is 0 Å². The first-order valence-electron chi connectivity index (χ1n) is 9.57. The van der Waals surface area contributed by atoms with Crippen molar-refractivity contribution in [3.8, 4) is 0 Å². The molecular formula is C20H29Cl2N3O4S. The molecule has 1 aromatic carbocycles. The van der Waals surface area contributed by atoms with Crippen LogP contribution in [0.4, 0.5) is 5.69 Å². The predicted molar refractivity (Wildman–Crippen MR) is 124 cm³/mol. The molecule has 0 radical (unpaired) electrons. The molecule has 0 aromatic heterocycles. The van der Waals surface area contributed by atoms with E-state index < -0.39 is 24.0 Å². The van der Waals surface area contributed by atoms with Crippen molar-refractivity contribution < 1.29 is 19.5 Å². The van der Waals surface area contributed by atoms with Crippen LogP contribution in [0.5, 0.6) is 0 Å². The summed E-state index contributed by atoms with van der Waals surface area (Å²) in [6.45, 7) is 2.65. The van der Waals surface area contributed by atoms with Gasteiger partial charge in [-0.15, -0.1) is 23.2 Å². The number of carbonyl (C=O) groups excluding carboxylic acids is 2. The van der Waals surface area contributed by atoms with Gasteiger partial charge in [-0.3, -0.25) is 9.59 Å². The van der Waals surface area contributed by atoms with Gasteiger partial charge in [0.25, 0.3) is 0 Å². The van der Waals surface area contributed by atoms with Crippen LogP contribution in [0, 0.1) is 0 Å². The summed E-state index contributed by atoms with van der Waals surface area (Å²) >= 11 is 13.2. The second-order valence-electron chi connectivity index (χ2n) is 6.67. The number of thioether (sulfide) groups is 1. The zero-order valence-electron chi connectivity index (χ0n) is 17.2. The highest BCUT2D eigenvalue weighted by Gasteiger charge is 2.26. The first kappa shape index (κ1) is 26.4. The average molecular weight is 478 g/mol. The quantitative estimate of drug-likeness (QED) is 0.355. The van der Waals surface area contributed by atoms with Crippen molar-refractivity contribution in [3.05, 3.63) is 29.8 Å². The van der Waals surface area contributed by atoms with E-state index in [9.17, 15) is 19.5 Å². The average Bonchev–Trinajstić information content (AvgIpc) is 2.70.